The first kappa shape index (κ1) is 26.6. The summed E-state index contributed by atoms with van der Waals surface area (Å²) in [6.07, 6.45) is -0.262. The summed E-state index contributed by atoms with van der Waals surface area (Å²) in [7, 11) is 2.82. The van der Waals surface area contributed by atoms with Gasteiger partial charge in [0.15, 0.2) is 0 Å². The number of nitrogens with zero attached hydrogens (tertiary/aromatic N) is 2. The molecule has 0 radical (unpaired) electrons. The average molecular weight is 476 g/mol. The first-order valence-corrected chi connectivity index (χ1v) is 12.0. The monoisotopic (exact) mass is 476 g/mol. The number of hydrogen-bond acceptors (Lipinski definition) is 7. The number of ether oxygens (including phenoxy) is 3. The molecule has 0 N–H and O–H groups in total. The van der Waals surface area contributed by atoms with Gasteiger partial charge < -0.3 is 28.4 Å². The molecular formula is C25H41BN2O6. The minimum Gasteiger partial charge on any atom is -0.496 e. The third-order valence-electron chi connectivity index (χ3n) is 6.88. The Morgan fingerprint density at radius 1 is 1.06 bits per heavy atom. The molecule has 8 nitrogen and oxygen atoms in total. The molecule has 2 aliphatic heterocycles. The van der Waals surface area contributed by atoms with Crippen molar-refractivity contribution in [3.63, 3.8) is 0 Å². The van der Waals surface area contributed by atoms with Crippen molar-refractivity contribution in [2.24, 2.45) is 0 Å². The van der Waals surface area contributed by atoms with Crippen LogP contribution in [-0.4, -0.2) is 79.7 Å². The Balaban J connectivity index is 1.76. The smallest absolute Gasteiger partial charge is 0.495 e. The summed E-state index contributed by atoms with van der Waals surface area (Å²) in [4.78, 5) is 16.7. The minimum absolute atomic E-state index is 0.0321. The normalized spacial score (nSPS) is 22.6. The number of carbonyl (C=O) groups excluding carboxylic acids is 1. The van der Waals surface area contributed by atoms with Gasteiger partial charge in [-0.3, -0.25) is 4.90 Å². The SMILES string of the molecule is COc1cc(B2OC(C)(C)C(C)(C)O2)cc(OC)c1CN1CCN(C(=O)OC(C)(C)C)[C@@H](C)C1. The molecule has 1 atom stereocenters. The van der Waals surface area contributed by atoms with Gasteiger partial charge in [0.1, 0.15) is 17.1 Å². The molecule has 0 unspecified atom stereocenters. The van der Waals surface area contributed by atoms with Crippen molar-refractivity contribution in [3.05, 3.63) is 17.7 Å². The lowest BCUT2D eigenvalue weighted by atomic mass is 9.78. The minimum atomic E-state index is -0.506. The van der Waals surface area contributed by atoms with Gasteiger partial charge in [-0.05, 0) is 73.0 Å². The Hall–Kier alpha value is -1.97. The van der Waals surface area contributed by atoms with Gasteiger partial charge in [0.05, 0.1) is 31.0 Å². The molecule has 190 valence electrons. The molecule has 0 bridgehead atoms. The number of amides is 1. The van der Waals surface area contributed by atoms with Gasteiger partial charge in [-0.25, -0.2) is 4.79 Å². The fourth-order valence-electron chi connectivity index (χ4n) is 4.27. The van der Waals surface area contributed by atoms with E-state index in [2.05, 4.69) is 4.90 Å². The lowest BCUT2D eigenvalue weighted by Gasteiger charge is -2.40. The highest BCUT2D eigenvalue weighted by atomic mass is 16.7. The van der Waals surface area contributed by atoms with Gasteiger partial charge in [-0.1, -0.05) is 0 Å². The largest absolute Gasteiger partial charge is 0.496 e. The highest BCUT2D eigenvalue weighted by molar-refractivity contribution is 6.62. The van der Waals surface area contributed by atoms with Crippen LogP contribution in [0.1, 0.15) is 61.0 Å². The lowest BCUT2D eigenvalue weighted by molar-refractivity contribution is 0.000396. The molecule has 0 aliphatic carbocycles. The molecule has 9 heteroatoms. The number of piperazine rings is 1. The van der Waals surface area contributed by atoms with Gasteiger partial charge in [0.2, 0.25) is 0 Å². The molecule has 3 rings (SSSR count). The summed E-state index contributed by atoms with van der Waals surface area (Å²) >= 11 is 0. The van der Waals surface area contributed by atoms with Crippen LogP contribution in [0, 0.1) is 0 Å². The van der Waals surface area contributed by atoms with Crippen LogP contribution in [-0.2, 0) is 20.6 Å². The first-order chi connectivity index (χ1) is 15.7. The molecule has 34 heavy (non-hydrogen) atoms. The maximum atomic E-state index is 12.6. The van der Waals surface area contributed by atoms with Crippen molar-refractivity contribution in [2.45, 2.75) is 84.8 Å². The van der Waals surface area contributed by atoms with Crippen LogP contribution in [0.3, 0.4) is 0 Å². The molecule has 0 saturated carbocycles. The predicted molar refractivity (Wildman–Crippen MR) is 133 cm³/mol. The van der Waals surface area contributed by atoms with E-state index in [0.717, 1.165) is 35.6 Å². The van der Waals surface area contributed by atoms with Crippen molar-refractivity contribution in [2.75, 3.05) is 33.9 Å². The zero-order valence-electron chi connectivity index (χ0n) is 22.5. The molecule has 2 aliphatic rings. The Morgan fingerprint density at radius 3 is 2.03 bits per heavy atom. The van der Waals surface area contributed by atoms with E-state index >= 15 is 0 Å². The molecule has 2 saturated heterocycles. The lowest BCUT2D eigenvalue weighted by Crippen LogP contribution is -2.54. The molecule has 0 aromatic heterocycles. The summed E-state index contributed by atoms with van der Waals surface area (Å²) in [5.74, 6) is 1.46. The van der Waals surface area contributed by atoms with Gasteiger partial charge in [0, 0.05) is 32.2 Å². The standard InChI is InChI=1S/C25H41BN2O6/c1-17-15-27(11-12-28(17)22(29)32-23(2,3)4)16-19-20(30-9)13-18(14-21(19)31-10)26-33-24(5,6)25(7,8)34-26/h13-14,17H,11-12,15-16H2,1-10H3/t17-/m0/s1. The molecule has 2 heterocycles. The van der Waals surface area contributed by atoms with E-state index in [1.54, 1.807) is 19.1 Å². The highest BCUT2D eigenvalue weighted by Crippen LogP contribution is 2.38. The van der Waals surface area contributed by atoms with Crippen LogP contribution in [0.2, 0.25) is 0 Å². The third-order valence-corrected chi connectivity index (χ3v) is 6.88. The number of carbonyl (C=O) groups is 1. The molecule has 2 fully saturated rings. The number of rotatable bonds is 5. The van der Waals surface area contributed by atoms with Gasteiger partial charge in [-0.15, -0.1) is 0 Å². The molecule has 0 spiro atoms. The quantitative estimate of drug-likeness (QED) is 0.603. The van der Waals surface area contributed by atoms with Gasteiger partial charge in [-0.2, -0.15) is 0 Å². The van der Waals surface area contributed by atoms with Crippen LogP contribution in [0.5, 0.6) is 11.5 Å². The van der Waals surface area contributed by atoms with Crippen LogP contribution < -0.4 is 14.9 Å². The second-order valence-electron chi connectivity index (χ2n) is 11.3. The highest BCUT2D eigenvalue weighted by Gasteiger charge is 2.52. The van der Waals surface area contributed by atoms with Crippen LogP contribution in [0.15, 0.2) is 12.1 Å². The van der Waals surface area contributed by atoms with Crippen molar-refractivity contribution in [1.29, 1.82) is 0 Å². The van der Waals surface area contributed by atoms with Gasteiger partial charge >= 0.3 is 13.2 Å². The Kier molecular flexibility index (Phi) is 7.51. The van der Waals surface area contributed by atoms with Crippen molar-refractivity contribution < 1.29 is 28.3 Å². The summed E-state index contributed by atoms with van der Waals surface area (Å²) in [5.41, 5.74) is 0.456. The van der Waals surface area contributed by atoms with E-state index in [1.165, 1.54) is 0 Å². The molecular weight excluding hydrogens is 435 g/mol. The summed E-state index contributed by atoms with van der Waals surface area (Å²) in [5, 5.41) is 0. The zero-order chi connectivity index (χ0) is 25.5. The zero-order valence-corrected chi connectivity index (χ0v) is 22.5. The fraction of sp³-hybridized carbons (Fsp3) is 0.720. The van der Waals surface area contributed by atoms with Crippen LogP contribution in [0.4, 0.5) is 4.79 Å². The second kappa shape index (κ2) is 9.59. The van der Waals surface area contributed by atoms with Crippen molar-refractivity contribution >= 4 is 18.7 Å². The van der Waals surface area contributed by atoms with Crippen molar-refractivity contribution in [1.82, 2.24) is 9.80 Å². The second-order valence-corrected chi connectivity index (χ2v) is 11.3. The third kappa shape index (κ3) is 5.63. The van der Waals surface area contributed by atoms with E-state index in [1.807, 2.05) is 67.5 Å². The van der Waals surface area contributed by atoms with Crippen LogP contribution in [0.25, 0.3) is 0 Å². The molecule has 1 aromatic rings. The van der Waals surface area contributed by atoms with E-state index in [0.29, 0.717) is 13.1 Å². The maximum absolute atomic E-state index is 12.6. The fourth-order valence-corrected chi connectivity index (χ4v) is 4.27. The van der Waals surface area contributed by atoms with E-state index in [-0.39, 0.29) is 12.1 Å². The summed E-state index contributed by atoms with van der Waals surface area (Å²) in [6.45, 7) is 18.6. The molecule has 1 amide bonds. The Morgan fingerprint density at radius 2 is 1.59 bits per heavy atom. The Labute approximate surface area is 204 Å². The average Bonchev–Trinajstić information content (AvgIpc) is 2.93. The summed E-state index contributed by atoms with van der Waals surface area (Å²) < 4.78 is 29.6. The first-order valence-electron chi connectivity index (χ1n) is 12.0. The Bertz CT molecular complexity index is 857. The van der Waals surface area contributed by atoms with Gasteiger partial charge in [0.25, 0.3) is 0 Å². The topological polar surface area (TPSA) is 69.7 Å². The van der Waals surface area contributed by atoms with E-state index in [4.69, 9.17) is 23.5 Å². The van der Waals surface area contributed by atoms with Crippen LogP contribution >= 0.6 is 0 Å². The predicted octanol–water partition coefficient (Wildman–Crippen LogP) is 3.44. The number of benzene rings is 1. The van der Waals surface area contributed by atoms with E-state index < -0.39 is 23.9 Å². The maximum Gasteiger partial charge on any atom is 0.495 e. The molecule has 1 aromatic carbocycles. The number of hydrogen-bond donors (Lipinski definition) is 0. The van der Waals surface area contributed by atoms with E-state index in [9.17, 15) is 4.79 Å². The number of methoxy groups -OCH3 is 2. The summed E-state index contributed by atoms with van der Waals surface area (Å²) in [6, 6.07) is 3.98. The van der Waals surface area contributed by atoms with Crippen molar-refractivity contribution in [3.8, 4) is 11.5 Å².